The SMILES string of the molecule is Nc1cc2nn(-c3cccc([N+](=O)[O-])c3)nc2cc1Cl. The molecule has 0 bridgehead atoms. The van der Waals surface area contributed by atoms with Gasteiger partial charge in [-0.15, -0.1) is 10.2 Å². The van der Waals surface area contributed by atoms with Crippen molar-refractivity contribution < 1.29 is 4.92 Å². The third kappa shape index (κ3) is 2.04. The summed E-state index contributed by atoms with van der Waals surface area (Å²) in [4.78, 5) is 11.6. The van der Waals surface area contributed by atoms with Gasteiger partial charge in [-0.2, -0.15) is 4.80 Å². The normalized spacial score (nSPS) is 10.8. The summed E-state index contributed by atoms with van der Waals surface area (Å²) in [7, 11) is 0. The molecule has 0 aliphatic rings. The van der Waals surface area contributed by atoms with Crippen LogP contribution in [0.3, 0.4) is 0 Å². The van der Waals surface area contributed by atoms with Gasteiger partial charge in [0.1, 0.15) is 11.0 Å². The molecule has 0 unspecified atom stereocenters. The predicted octanol–water partition coefficient (Wildman–Crippen LogP) is 2.56. The fourth-order valence-corrected chi connectivity index (χ4v) is 1.96. The van der Waals surface area contributed by atoms with Crippen molar-refractivity contribution in [3.8, 4) is 5.69 Å². The number of nitro benzene ring substituents is 1. The largest absolute Gasteiger partial charge is 0.397 e. The number of rotatable bonds is 2. The summed E-state index contributed by atoms with van der Waals surface area (Å²) in [6.07, 6.45) is 0. The molecule has 1 aromatic heterocycles. The number of nitro groups is 1. The van der Waals surface area contributed by atoms with Gasteiger partial charge in [0, 0.05) is 12.1 Å². The van der Waals surface area contributed by atoms with Crippen molar-refractivity contribution in [1.82, 2.24) is 15.0 Å². The van der Waals surface area contributed by atoms with Crippen molar-refractivity contribution >= 4 is 34.0 Å². The molecule has 2 aromatic carbocycles. The molecular weight excluding hydrogens is 282 g/mol. The quantitative estimate of drug-likeness (QED) is 0.444. The summed E-state index contributed by atoms with van der Waals surface area (Å²) in [5, 5.41) is 19.6. The van der Waals surface area contributed by atoms with Crippen LogP contribution in [0.1, 0.15) is 0 Å². The van der Waals surface area contributed by atoms with Crippen molar-refractivity contribution in [2.24, 2.45) is 0 Å². The van der Waals surface area contributed by atoms with Gasteiger partial charge in [0.25, 0.3) is 5.69 Å². The number of nitrogen functional groups attached to an aromatic ring is 1. The summed E-state index contributed by atoms with van der Waals surface area (Å²) in [6.45, 7) is 0. The molecule has 7 nitrogen and oxygen atoms in total. The van der Waals surface area contributed by atoms with Crippen LogP contribution in [0.25, 0.3) is 16.7 Å². The predicted molar refractivity (Wildman–Crippen MR) is 74.9 cm³/mol. The molecule has 3 rings (SSSR count). The van der Waals surface area contributed by atoms with Gasteiger partial charge in [0.2, 0.25) is 0 Å². The van der Waals surface area contributed by atoms with Crippen LogP contribution in [0.4, 0.5) is 11.4 Å². The first-order valence-corrected chi connectivity index (χ1v) is 5.99. The number of anilines is 1. The van der Waals surface area contributed by atoms with E-state index in [0.717, 1.165) is 0 Å². The number of fused-ring (bicyclic) bond motifs is 1. The molecule has 20 heavy (non-hydrogen) atoms. The third-order valence-corrected chi connectivity index (χ3v) is 3.10. The summed E-state index contributed by atoms with van der Waals surface area (Å²) >= 11 is 5.92. The molecule has 0 atom stereocenters. The zero-order valence-corrected chi connectivity index (χ0v) is 10.8. The first-order chi connectivity index (χ1) is 9.54. The molecule has 0 aliphatic carbocycles. The van der Waals surface area contributed by atoms with E-state index in [4.69, 9.17) is 17.3 Å². The van der Waals surface area contributed by atoms with Crippen molar-refractivity contribution in [1.29, 1.82) is 0 Å². The molecule has 2 N–H and O–H groups in total. The monoisotopic (exact) mass is 289 g/mol. The molecular formula is C12H8ClN5O2. The molecule has 0 aliphatic heterocycles. The molecule has 3 aromatic rings. The Morgan fingerprint density at radius 2 is 1.90 bits per heavy atom. The summed E-state index contributed by atoms with van der Waals surface area (Å²) < 4.78 is 0. The molecule has 1 heterocycles. The second-order valence-corrected chi connectivity index (χ2v) is 4.54. The van der Waals surface area contributed by atoms with Crippen LogP contribution in [-0.4, -0.2) is 19.9 Å². The van der Waals surface area contributed by atoms with E-state index >= 15 is 0 Å². The second-order valence-electron chi connectivity index (χ2n) is 4.13. The van der Waals surface area contributed by atoms with Crippen LogP contribution < -0.4 is 5.73 Å². The molecule has 0 saturated heterocycles. The maximum absolute atomic E-state index is 10.8. The highest BCUT2D eigenvalue weighted by Crippen LogP contribution is 2.24. The van der Waals surface area contributed by atoms with Crippen LogP contribution in [0.5, 0.6) is 0 Å². The fraction of sp³-hybridized carbons (Fsp3) is 0. The highest BCUT2D eigenvalue weighted by molar-refractivity contribution is 6.33. The minimum Gasteiger partial charge on any atom is -0.397 e. The number of aromatic nitrogens is 3. The number of hydrogen-bond acceptors (Lipinski definition) is 5. The Kier molecular flexibility index (Phi) is 2.76. The summed E-state index contributed by atoms with van der Waals surface area (Å²) in [6, 6.07) is 9.26. The minimum atomic E-state index is -0.471. The fourth-order valence-electron chi connectivity index (χ4n) is 1.80. The highest BCUT2D eigenvalue weighted by atomic mass is 35.5. The van der Waals surface area contributed by atoms with E-state index in [1.807, 2.05) is 0 Å². The van der Waals surface area contributed by atoms with E-state index in [1.54, 1.807) is 24.3 Å². The van der Waals surface area contributed by atoms with Gasteiger partial charge >= 0.3 is 0 Å². The number of hydrogen-bond donors (Lipinski definition) is 1. The zero-order chi connectivity index (χ0) is 14.3. The maximum atomic E-state index is 10.8. The van der Waals surface area contributed by atoms with Gasteiger partial charge in [-0.05, 0) is 18.2 Å². The van der Waals surface area contributed by atoms with E-state index in [1.165, 1.54) is 16.9 Å². The van der Waals surface area contributed by atoms with Gasteiger partial charge in [0.15, 0.2) is 0 Å². The van der Waals surface area contributed by atoms with Crippen molar-refractivity contribution in [3.63, 3.8) is 0 Å². The van der Waals surface area contributed by atoms with Crippen LogP contribution >= 0.6 is 11.6 Å². The molecule has 8 heteroatoms. The lowest BCUT2D eigenvalue weighted by atomic mass is 10.3. The van der Waals surface area contributed by atoms with Crippen LogP contribution in [-0.2, 0) is 0 Å². The number of nitrogens with zero attached hydrogens (tertiary/aromatic N) is 4. The maximum Gasteiger partial charge on any atom is 0.271 e. The van der Waals surface area contributed by atoms with Crippen LogP contribution in [0, 0.1) is 10.1 Å². The van der Waals surface area contributed by atoms with Crippen molar-refractivity contribution in [2.75, 3.05) is 5.73 Å². The second kappa shape index (κ2) is 4.46. The minimum absolute atomic E-state index is 0.0265. The van der Waals surface area contributed by atoms with Crippen LogP contribution in [0.15, 0.2) is 36.4 Å². The lowest BCUT2D eigenvalue weighted by molar-refractivity contribution is -0.384. The van der Waals surface area contributed by atoms with Crippen molar-refractivity contribution in [2.45, 2.75) is 0 Å². The van der Waals surface area contributed by atoms with Crippen LogP contribution in [0.2, 0.25) is 5.02 Å². The topological polar surface area (TPSA) is 99.9 Å². The average Bonchev–Trinajstić information content (AvgIpc) is 2.82. The Labute approximate surface area is 117 Å². The van der Waals surface area contributed by atoms with Gasteiger partial charge in [-0.3, -0.25) is 10.1 Å². The zero-order valence-electron chi connectivity index (χ0n) is 10.0. The summed E-state index contributed by atoms with van der Waals surface area (Å²) in [5.41, 5.74) is 7.70. The molecule has 100 valence electrons. The number of benzene rings is 2. The average molecular weight is 290 g/mol. The first kappa shape index (κ1) is 12.4. The summed E-state index contributed by atoms with van der Waals surface area (Å²) in [5.74, 6) is 0. The van der Waals surface area contributed by atoms with E-state index in [2.05, 4.69) is 10.2 Å². The Morgan fingerprint density at radius 1 is 1.20 bits per heavy atom. The standard InChI is InChI=1S/C12H8ClN5O2/c13-9-5-11-12(6-10(9)14)16-17(15-11)7-2-1-3-8(4-7)18(19)20/h1-6H,14H2. The van der Waals surface area contributed by atoms with Gasteiger partial charge in [-0.25, -0.2) is 0 Å². The molecule has 0 spiro atoms. The Morgan fingerprint density at radius 3 is 2.60 bits per heavy atom. The number of non-ortho nitro benzene ring substituents is 1. The Hall–Kier alpha value is -2.67. The van der Waals surface area contributed by atoms with Gasteiger partial charge in [0.05, 0.1) is 21.3 Å². The molecule has 0 radical (unpaired) electrons. The third-order valence-electron chi connectivity index (χ3n) is 2.77. The smallest absolute Gasteiger partial charge is 0.271 e. The number of nitrogens with two attached hydrogens (primary N) is 1. The van der Waals surface area contributed by atoms with Gasteiger partial charge in [-0.1, -0.05) is 17.7 Å². The molecule has 0 amide bonds. The van der Waals surface area contributed by atoms with E-state index < -0.39 is 4.92 Å². The lowest BCUT2D eigenvalue weighted by Crippen LogP contribution is -1.99. The van der Waals surface area contributed by atoms with Crippen molar-refractivity contribution in [3.05, 3.63) is 51.5 Å². The molecule has 0 saturated carbocycles. The van der Waals surface area contributed by atoms with E-state index in [-0.39, 0.29) is 5.69 Å². The van der Waals surface area contributed by atoms with E-state index in [9.17, 15) is 10.1 Å². The number of halogens is 1. The first-order valence-electron chi connectivity index (χ1n) is 5.61. The molecule has 0 fully saturated rings. The lowest BCUT2D eigenvalue weighted by Gasteiger charge is -1.98. The van der Waals surface area contributed by atoms with Gasteiger partial charge < -0.3 is 5.73 Å². The Bertz CT molecular complexity index is 791. The highest BCUT2D eigenvalue weighted by Gasteiger charge is 2.11. The van der Waals surface area contributed by atoms with E-state index in [0.29, 0.717) is 27.4 Å². The Balaban J connectivity index is 2.15.